The van der Waals surface area contributed by atoms with Crippen LogP contribution in [0.5, 0.6) is 0 Å². The second kappa shape index (κ2) is 9.86. The van der Waals surface area contributed by atoms with Crippen LogP contribution in [0.4, 0.5) is 0 Å². The minimum Gasteiger partial charge on any atom is -0.481 e. The molecule has 0 rings (SSSR count). The summed E-state index contributed by atoms with van der Waals surface area (Å²) in [6, 6.07) is 0. The number of rotatable bonds is 12. The maximum absolute atomic E-state index is 12.1. The molecule has 0 aliphatic heterocycles. The summed E-state index contributed by atoms with van der Waals surface area (Å²) in [5, 5.41) is 19.6. The molecule has 22 heavy (non-hydrogen) atoms. The number of aliphatic carboxylic acids is 2. The zero-order valence-corrected chi connectivity index (χ0v) is 14.9. The van der Waals surface area contributed by atoms with E-state index < -0.39 is 23.3 Å². The molecule has 0 amide bonds. The molecule has 4 heteroatoms. The molecule has 0 aliphatic rings. The van der Waals surface area contributed by atoms with E-state index in [9.17, 15) is 19.8 Å². The second-order valence-corrected chi connectivity index (χ2v) is 7.40. The standard InChI is InChI=1S/C18H34O4/c1-6-7-8-9-10-15(16(19)20)18(17(21)22,11-13(2)3)12-14(4)5/h13-15H,6-12H2,1-5H3,(H,19,20)(H,21,22). The Morgan fingerprint density at radius 1 is 0.909 bits per heavy atom. The van der Waals surface area contributed by atoms with Crippen LogP contribution in [0, 0.1) is 23.2 Å². The van der Waals surface area contributed by atoms with Crippen molar-refractivity contribution in [3.05, 3.63) is 0 Å². The average molecular weight is 314 g/mol. The smallest absolute Gasteiger partial charge is 0.310 e. The maximum Gasteiger partial charge on any atom is 0.310 e. The Hall–Kier alpha value is -1.06. The Labute approximate surface area is 135 Å². The van der Waals surface area contributed by atoms with E-state index in [2.05, 4.69) is 6.92 Å². The molecule has 0 aromatic carbocycles. The van der Waals surface area contributed by atoms with Crippen molar-refractivity contribution in [3.63, 3.8) is 0 Å². The lowest BCUT2D eigenvalue weighted by Crippen LogP contribution is -2.44. The molecule has 2 N–H and O–H groups in total. The maximum atomic E-state index is 12.1. The monoisotopic (exact) mass is 314 g/mol. The van der Waals surface area contributed by atoms with Crippen LogP contribution in [0.1, 0.15) is 79.6 Å². The van der Waals surface area contributed by atoms with E-state index in [0.29, 0.717) is 19.3 Å². The molecule has 0 radical (unpaired) electrons. The van der Waals surface area contributed by atoms with Crippen LogP contribution >= 0.6 is 0 Å². The topological polar surface area (TPSA) is 74.6 Å². The summed E-state index contributed by atoms with van der Waals surface area (Å²) in [6.07, 6.45) is 5.22. The first-order valence-electron chi connectivity index (χ1n) is 8.63. The molecule has 0 bridgehead atoms. The van der Waals surface area contributed by atoms with Gasteiger partial charge in [0, 0.05) is 0 Å². The van der Waals surface area contributed by atoms with E-state index in [0.717, 1.165) is 25.7 Å². The minimum absolute atomic E-state index is 0.160. The first kappa shape index (κ1) is 20.9. The zero-order chi connectivity index (χ0) is 17.3. The van der Waals surface area contributed by atoms with Crippen LogP contribution < -0.4 is 0 Å². The van der Waals surface area contributed by atoms with Crippen LogP contribution in [-0.2, 0) is 9.59 Å². The number of unbranched alkanes of at least 4 members (excludes halogenated alkanes) is 3. The third-order valence-corrected chi connectivity index (χ3v) is 4.28. The van der Waals surface area contributed by atoms with E-state index in [1.54, 1.807) is 0 Å². The number of hydrogen-bond acceptors (Lipinski definition) is 2. The van der Waals surface area contributed by atoms with Crippen molar-refractivity contribution in [1.82, 2.24) is 0 Å². The Morgan fingerprint density at radius 3 is 1.73 bits per heavy atom. The van der Waals surface area contributed by atoms with Crippen molar-refractivity contribution in [2.45, 2.75) is 79.6 Å². The molecule has 1 unspecified atom stereocenters. The van der Waals surface area contributed by atoms with Gasteiger partial charge in [-0.05, 0) is 31.1 Å². The number of carboxylic acid groups (broad SMARTS) is 2. The molecule has 0 heterocycles. The first-order chi connectivity index (χ1) is 10.2. The van der Waals surface area contributed by atoms with Crippen molar-refractivity contribution < 1.29 is 19.8 Å². The zero-order valence-electron chi connectivity index (χ0n) is 14.9. The lowest BCUT2D eigenvalue weighted by molar-refractivity contribution is -0.166. The molecular weight excluding hydrogens is 280 g/mol. The highest BCUT2D eigenvalue weighted by atomic mass is 16.4. The third kappa shape index (κ3) is 6.37. The van der Waals surface area contributed by atoms with Crippen molar-refractivity contribution in [1.29, 1.82) is 0 Å². The molecule has 0 spiro atoms. The van der Waals surface area contributed by atoms with Gasteiger partial charge in [0.1, 0.15) is 0 Å². The van der Waals surface area contributed by atoms with Crippen LogP contribution in [-0.4, -0.2) is 22.2 Å². The van der Waals surface area contributed by atoms with Gasteiger partial charge in [-0.1, -0.05) is 60.3 Å². The van der Waals surface area contributed by atoms with E-state index in [-0.39, 0.29) is 11.8 Å². The summed E-state index contributed by atoms with van der Waals surface area (Å²) in [5.74, 6) is -2.38. The highest BCUT2D eigenvalue weighted by Crippen LogP contribution is 2.43. The fraction of sp³-hybridized carbons (Fsp3) is 0.889. The molecule has 4 nitrogen and oxygen atoms in total. The van der Waals surface area contributed by atoms with Crippen molar-refractivity contribution in [3.8, 4) is 0 Å². The fourth-order valence-corrected chi connectivity index (χ4v) is 3.56. The summed E-state index contributed by atoms with van der Waals surface area (Å²) in [4.78, 5) is 23.9. The lowest BCUT2D eigenvalue weighted by Gasteiger charge is -2.37. The number of carboxylic acids is 2. The molecule has 0 saturated heterocycles. The SMILES string of the molecule is CCCCCCC(C(=O)O)C(CC(C)C)(CC(C)C)C(=O)O. The lowest BCUT2D eigenvalue weighted by atomic mass is 9.64. The summed E-state index contributed by atoms with van der Waals surface area (Å²) < 4.78 is 0. The Bertz CT molecular complexity index is 337. The summed E-state index contributed by atoms with van der Waals surface area (Å²) in [6.45, 7) is 9.97. The van der Waals surface area contributed by atoms with E-state index in [1.807, 2.05) is 27.7 Å². The predicted molar refractivity (Wildman–Crippen MR) is 88.9 cm³/mol. The summed E-state index contributed by atoms with van der Waals surface area (Å²) in [5.41, 5.74) is -1.15. The first-order valence-corrected chi connectivity index (χ1v) is 8.63. The normalized spacial score (nSPS) is 13.6. The summed E-state index contributed by atoms with van der Waals surface area (Å²) >= 11 is 0. The van der Waals surface area contributed by atoms with Gasteiger partial charge >= 0.3 is 11.9 Å². The molecule has 130 valence electrons. The predicted octanol–water partition coefficient (Wildman–Crippen LogP) is 4.82. The van der Waals surface area contributed by atoms with Gasteiger partial charge < -0.3 is 10.2 Å². The number of carbonyl (C=O) groups is 2. The van der Waals surface area contributed by atoms with E-state index in [1.165, 1.54) is 0 Å². The summed E-state index contributed by atoms with van der Waals surface area (Å²) in [7, 11) is 0. The largest absolute Gasteiger partial charge is 0.481 e. The average Bonchev–Trinajstić information content (AvgIpc) is 2.35. The van der Waals surface area contributed by atoms with Crippen molar-refractivity contribution in [2.75, 3.05) is 0 Å². The fourth-order valence-electron chi connectivity index (χ4n) is 3.56. The van der Waals surface area contributed by atoms with Gasteiger partial charge in [0.25, 0.3) is 0 Å². The molecule has 0 fully saturated rings. The van der Waals surface area contributed by atoms with E-state index in [4.69, 9.17) is 0 Å². The van der Waals surface area contributed by atoms with Gasteiger partial charge in [-0.3, -0.25) is 9.59 Å². The minimum atomic E-state index is -1.15. The molecule has 0 aliphatic carbocycles. The quantitative estimate of drug-likeness (QED) is 0.506. The van der Waals surface area contributed by atoms with Gasteiger partial charge in [0.05, 0.1) is 11.3 Å². The van der Waals surface area contributed by atoms with Gasteiger partial charge in [-0.2, -0.15) is 0 Å². The van der Waals surface area contributed by atoms with Crippen molar-refractivity contribution >= 4 is 11.9 Å². The van der Waals surface area contributed by atoms with Crippen molar-refractivity contribution in [2.24, 2.45) is 23.2 Å². The highest BCUT2D eigenvalue weighted by molar-refractivity contribution is 5.83. The Kier molecular flexibility index (Phi) is 9.38. The van der Waals surface area contributed by atoms with Gasteiger partial charge in [0.2, 0.25) is 0 Å². The Balaban J connectivity index is 5.42. The Morgan fingerprint density at radius 2 is 1.41 bits per heavy atom. The van der Waals surface area contributed by atoms with Crippen LogP contribution in [0.2, 0.25) is 0 Å². The highest BCUT2D eigenvalue weighted by Gasteiger charge is 2.49. The molecular formula is C18H34O4. The van der Waals surface area contributed by atoms with Crippen LogP contribution in [0.15, 0.2) is 0 Å². The molecule has 0 aromatic rings. The van der Waals surface area contributed by atoms with Gasteiger partial charge in [-0.25, -0.2) is 0 Å². The molecule has 0 saturated carbocycles. The molecule has 0 aromatic heterocycles. The van der Waals surface area contributed by atoms with Gasteiger partial charge in [-0.15, -0.1) is 0 Å². The number of hydrogen-bond donors (Lipinski definition) is 2. The second-order valence-electron chi connectivity index (χ2n) is 7.40. The molecule has 1 atom stereocenters. The van der Waals surface area contributed by atoms with Crippen LogP contribution in [0.3, 0.4) is 0 Å². The van der Waals surface area contributed by atoms with Crippen LogP contribution in [0.25, 0.3) is 0 Å². The van der Waals surface area contributed by atoms with Gasteiger partial charge in [0.15, 0.2) is 0 Å². The van der Waals surface area contributed by atoms with E-state index >= 15 is 0 Å². The third-order valence-electron chi connectivity index (χ3n) is 4.28.